The minimum absolute atomic E-state index is 0.771. The molecule has 0 atom stereocenters. The van der Waals surface area contributed by atoms with Gasteiger partial charge in [-0.25, -0.2) is 9.97 Å². The van der Waals surface area contributed by atoms with Crippen LogP contribution in [0, 0.1) is 6.92 Å². The largest absolute Gasteiger partial charge is 0.369 e. The van der Waals surface area contributed by atoms with E-state index in [-0.39, 0.29) is 0 Å². The Hall–Kier alpha value is -1.66. The fourth-order valence-electron chi connectivity index (χ4n) is 1.70. The van der Waals surface area contributed by atoms with Crippen molar-refractivity contribution in [2.24, 2.45) is 0 Å². The third kappa shape index (κ3) is 4.18. The average molecular weight is 336 g/mol. The molecule has 3 N–H and O–H groups in total. The summed E-state index contributed by atoms with van der Waals surface area (Å²) in [7, 11) is 1.92. The smallest absolute Gasteiger partial charge is 0.135 e. The zero-order chi connectivity index (χ0) is 14.4. The number of benzene rings is 1. The first kappa shape index (κ1) is 14.7. The average Bonchev–Trinajstić information content (AvgIpc) is 2.44. The van der Waals surface area contributed by atoms with Crippen molar-refractivity contribution in [3.8, 4) is 0 Å². The topological polar surface area (TPSA) is 61.9 Å². The van der Waals surface area contributed by atoms with Crippen LogP contribution in [0.25, 0.3) is 0 Å². The van der Waals surface area contributed by atoms with E-state index in [1.165, 1.54) is 0 Å². The molecule has 106 valence electrons. The van der Waals surface area contributed by atoms with E-state index < -0.39 is 0 Å². The number of aromatic nitrogens is 2. The molecule has 0 spiro atoms. The molecule has 0 aliphatic rings. The van der Waals surface area contributed by atoms with Crippen LogP contribution in [0.5, 0.6) is 0 Å². The molecule has 0 saturated carbocycles. The predicted molar refractivity (Wildman–Crippen MR) is 86.6 cm³/mol. The standard InChI is InChI=1S/C14H18BrN5/c1-10-3-4-11(15)7-12(10)20-14-8-13(18-9-19-14)17-6-5-16-2/h3-4,7-9,16H,5-6H2,1-2H3,(H2,17,18,19,20). The first-order valence-corrected chi connectivity index (χ1v) is 7.22. The van der Waals surface area contributed by atoms with Gasteiger partial charge in [-0.3, -0.25) is 0 Å². The molecule has 1 aromatic heterocycles. The molecule has 0 saturated heterocycles. The maximum Gasteiger partial charge on any atom is 0.135 e. The fraction of sp³-hybridized carbons (Fsp3) is 0.286. The molecule has 6 heteroatoms. The summed E-state index contributed by atoms with van der Waals surface area (Å²) in [5.41, 5.74) is 2.19. The molecule has 0 aliphatic carbocycles. The molecule has 20 heavy (non-hydrogen) atoms. The second-order valence-corrected chi connectivity index (χ2v) is 5.32. The summed E-state index contributed by atoms with van der Waals surface area (Å²) in [5.74, 6) is 1.58. The Balaban J connectivity index is 2.09. The van der Waals surface area contributed by atoms with E-state index in [1.807, 2.05) is 25.2 Å². The Kier molecular flexibility index (Phi) is 5.31. The van der Waals surface area contributed by atoms with Gasteiger partial charge in [0.2, 0.25) is 0 Å². The third-order valence-electron chi connectivity index (χ3n) is 2.81. The molecule has 0 amide bonds. The Labute approximate surface area is 127 Å². The molecule has 2 aromatic rings. The molecule has 0 aliphatic heterocycles. The molecule has 0 fully saturated rings. The minimum atomic E-state index is 0.771. The van der Waals surface area contributed by atoms with E-state index in [0.29, 0.717) is 0 Å². The van der Waals surface area contributed by atoms with Crippen LogP contribution in [-0.4, -0.2) is 30.1 Å². The van der Waals surface area contributed by atoms with Gasteiger partial charge in [0.15, 0.2) is 0 Å². The van der Waals surface area contributed by atoms with E-state index in [9.17, 15) is 0 Å². The molecule has 5 nitrogen and oxygen atoms in total. The number of hydrogen-bond donors (Lipinski definition) is 3. The number of hydrogen-bond acceptors (Lipinski definition) is 5. The van der Waals surface area contributed by atoms with Crippen molar-refractivity contribution in [3.63, 3.8) is 0 Å². The first-order valence-electron chi connectivity index (χ1n) is 6.43. The van der Waals surface area contributed by atoms with Gasteiger partial charge in [0.1, 0.15) is 18.0 Å². The van der Waals surface area contributed by atoms with Crippen LogP contribution in [0.15, 0.2) is 35.1 Å². The highest BCUT2D eigenvalue weighted by atomic mass is 79.9. The lowest BCUT2D eigenvalue weighted by molar-refractivity contribution is 0.821. The minimum Gasteiger partial charge on any atom is -0.369 e. The van der Waals surface area contributed by atoms with Gasteiger partial charge in [0.25, 0.3) is 0 Å². The summed E-state index contributed by atoms with van der Waals surface area (Å²) in [6, 6.07) is 8.01. The number of nitrogens with zero attached hydrogens (tertiary/aromatic N) is 2. The lowest BCUT2D eigenvalue weighted by atomic mass is 10.2. The summed E-state index contributed by atoms with van der Waals surface area (Å²) in [6.45, 7) is 3.77. The number of rotatable bonds is 6. The van der Waals surface area contributed by atoms with Crippen molar-refractivity contribution in [3.05, 3.63) is 40.6 Å². The number of nitrogens with one attached hydrogen (secondary N) is 3. The van der Waals surface area contributed by atoms with Gasteiger partial charge in [-0.1, -0.05) is 22.0 Å². The van der Waals surface area contributed by atoms with Crippen LogP contribution in [0.3, 0.4) is 0 Å². The van der Waals surface area contributed by atoms with E-state index in [0.717, 1.165) is 40.4 Å². The van der Waals surface area contributed by atoms with Gasteiger partial charge >= 0.3 is 0 Å². The van der Waals surface area contributed by atoms with Crippen molar-refractivity contribution in [1.82, 2.24) is 15.3 Å². The maximum atomic E-state index is 4.24. The van der Waals surface area contributed by atoms with Gasteiger partial charge in [0, 0.05) is 29.3 Å². The fourth-order valence-corrected chi connectivity index (χ4v) is 2.07. The number of likely N-dealkylation sites (N-methyl/N-ethyl adjacent to an activating group) is 1. The highest BCUT2D eigenvalue weighted by Crippen LogP contribution is 2.24. The monoisotopic (exact) mass is 335 g/mol. The zero-order valence-corrected chi connectivity index (χ0v) is 13.2. The first-order chi connectivity index (χ1) is 9.69. The van der Waals surface area contributed by atoms with E-state index in [2.05, 4.69) is 54.8 Å². The van der Waals surface area contributed by atoms with Crippen molar-refractivity contribution in [2.45, 2.75) is 6.92 Å². The van der Waals surface area contributed by atoms with Gasteiger partial charge in [0.05, 0.1) is 0 Å². The molecule has 0 radical (unpaired) electrons. The van der Waals surface area contributed by atoms with Crippen molar-refractivity contribution < 1.29 is 0 Å². The summed E-state index contributed by atoms with van der Waals surface area (Å²) in [4.78, 5) is 8.43. The molecular weight excluding hydrogens is 318 g/mol. The third-order valence-corrected chi connectivity index (χ3v) is 3.30. The van der Waals surface area contributed by atoms with Gasteiger partial charge < -0.3 is 16.0 Å². The molecule has 2 rings (SSSR count). The van der Waals surface area contributed by atoms with Crippen LogP contribution < -0.4 is 16.0 Å². The molecular formula is C14H18BrN5. The maximum absolute atomic E-state index is 4.24. The second kappa shape index (κ2) is 7.21. The Bertz CT molecular complexity index is 573. The van der Waals surface area contributed by atoms with Crippen LogP contribution in [0.1, 0.15) is 5.56 Å². The van der Waals surface area contributed by atoms with E-state index >= 15 is 0 Å². The van der Waals surface area contributed by atoms with Gasteiger partial charge in [-0.15, -0.1) is 0 Å². The van der Waals surface area contributed by atoms with Gasteiger partial charge in [-0.2, -0.15) is 0 Å². The normalized spacial score (nSPS) is 10.3. The van der Waals surface area contributed by atoms with Crippen LogP contribution >= 0.6 is 15.9 Å². The second-order valence-electron chi connectivity index (χ2n) is 4.40. The summed E-state index contributed by atoms with van der Waals surface area (Å²) >= 11 is 3.47. The number of anilines is 3. The lowest BCUT2D eigenvalue weighted by Crippen LogP contribution is -2.18. The van der Waals surface area contributed by atoms with Crippen LogP contribution in [0.2, 0.25) is 0 Å². The number of aryl methyl sites for hydroxylation is 1. The Morgan fingerprint density at radius 3 is 2.70 bits per heavy atom. The molecule has 0 unspecified atom stereocenters. The number of halogens is 1. The van der Waals surface area contributed by atoms with Crippen LogP contribution in [0.4, 0.5) is 17.3 Å². The van der Waals surface area contributed by atoms with E-state index in [1.54, 1.807) is 6.33 Å². The van der Waals surface area contributed by atoms with Gasteiger partial charge in [-0.05, 0) is 31.7 Å². The summed E-state index contributed by atoms with van der Waals surface area (Å²) in [5, 5.41) is 9.62. The SMILES string of the molecule is CNCCNc1cc(Nc2cc(Br)ccc2C)ncn1. The molecule has 0 bridgehead atoms. The summed E-state index contributed by atoms with van der Waals surface area (Å²) < 4.78 is 1.03. The Morgan fingerprint density at radius 2 is 1.90 bits per heavy atom. The van der Waals surface area contributed by atoms with Crippen molar-refractivity contribution >= 4 is 33.3 Å². The highest BCUT2D eigenvalue weighted by Gasteiger charge is 2.02. The van der Waals surface area contributed by atoms with E-state index in [4.69, 9.17) is 0 Å². The predicted octanol–water partition coefficient (Wildman–Crippen LogP) is 2.92. The van der Waals surface area contributed by atoms with Crippen molar-refractivity contribution in [2.75, 3.05) is 30.8 Å². The Morgan fingerprint density at radius 1 is 1.10 bits per heavy atom. The van der Waals surface area contributed by atoms with Crippen LogP contribution in [-0.2, 0) is 0 Å². The zero-order valence-electron chi connectivity index (χ0n) is 11.6. The molecule has 1 aromatic carbocycles. The van der Waals surface area contributed by atoms with Crippen molar-refractivity contribution in [1.29, 1.82) is 0 Å². The quantitative estimate of drug-likeness (QED) is 0.708. The molecule has 1 heterocycles. The summed E-state index contributed by atoms with van der Waals surface area (Å²) in [6.07, 6.45) is 1.55. The lowest BCUT2D eigenvalue weighted by Gasteiger charge is -2.10. The highest BCUT2D eigenvalue weighted by molar-refractivity contribution is 9.10.